The third kappa shape index (κ3) is 3.75. The minimum Gasteiger partial charge on any atom is -0.135 e. The van der Waals surface area contributed by atoms with Gasteiger partial charge in [0.2, 0.25) is 0 Å². The zero-order valence-corrected chi connectivity index (χ0v) is 21.8. The molecule has 0 fully saturated rings. The third-order valence-electron chi connectivity index (χ3n) is 7.40. The third-order valence-corrected chi connectivity index (χ3v) is 8.61. The highest BCUT2D eigenvalue weighted by atomic mass is 32.1. The van der Waals surface area contributed by atoms with Crippen molar-refractivity contribution in [2.75, 3.05) is 0 Å². The zero-order chi connectivity index (χ0) is 24.9. The second kappa shape index (κ2) is 8.73. The first kappa shape index (κ1) is 22.0. The van der Waals surface area contributed by atoms with Crippen LogP contribution in [0.3, 0.4) is 0 Å². The topological polar surface area (TPSA) is 0 Å². The van der Waals surface area contributed by atoms with Crippen molar-refractivity contribution >= 4 is 43.0 Å². The Morgan fingerprint density at radius 2 is 0.973 bits per heavy atom. The lowest BCUT2D eigenvalue weighted by atomic mass is 9.91. The van der Waals surface area contributed by atoms with Crippen LogP contribution >= 0.6 is 11.3 Å². The Hall–Kier alpha value is -4.20. The number of fused-ring (bicyclic) bond motifs is 3. The number of hydrogen-bond acceptors (Lipinski definition) is 1. The molecule has 7 aromatic rings. The first-order chi connectivity index (χ1) is 18.2. The average Bonchev–Trinajstić information content (AvgIpc) is 3.31. The molecule has 0 aliphatic carbocycles. The molecule has 7 rings (SSSR count). The normalized spacial score (nSPS) is 11.5. The predicted octanol–water partition coefficient (Wildman–Crippen LogP) is 10.8. The van der Waals surface area contributed by atoms with Crippen molar-refractivity contribution in [2.45, 2.75) is 13.8 Å². The van der Waals surface area contributed by atoms with E-state index >= 15 is 0 Å². The van der Waals surface area contributed by atoms with Gasteiger partial charge in [0, 0.05) is 20.5 Å². The summed E-state index contributed by atoms with van der Waals surface area (Å²) in [5.74, 6) is 0. The maximum atomic E-state index is 2.41. The SMILES string of the molecule is Cc1ccc(-c2sc3cc(-c4c5ccccc5cc5ccccc45)ccc3c2-c2ccc(C)cc2)cc1. The lowest BCUT2D eigenvalue weighted by Gasteiger charge is -2.12. The first-order valence-corrected chi connectivity index (χ1v) is 13.6. The van der Waals surface area contributed by atoms with Gasteiger partial charge < -0.3 is 0 Å². The molecule has 37 heavy (non-hydrogen) atoms. The Morgan fingerprint density at radius 3 is 1.59 bits per heavy atom. The Morgan fingerprint density at radius 1 is 0.432 bits per heavy atom. The predicted molar refractivity (Wildman–Crippen MR) is 163 cm³/mol. The van der Waals surface area contributed by atoms with E-state index < -0.39 is 0 Å². The van der Waals surface area contributed by atoms with E-state index in [1.54, 1.807) is 0 Å². The molecule has 0 aliphatic heterocycles. The van der Waals surface area contributed by atoms with Crippen LogP contribution in [0.2, 0.25) is 0 Å². The minimum atomic E-state index is 1.27. The highest BCUT2D eigenvalue weighted by Gasteiger charge is 2.18. The van der Waals surface area contributed by atoms with Gasteiger partial charge in [0.25, 0.3) is 0 Å². The Kier molecular flexibility index (Phi) is 5.20. The fourth-order valence-corrected chi connectivity index (χ4v) is 6.76. The lowest BCUT2D eigenvalue weighted by molar-refractivity contribution is 1.47. The molecule has 0 aliphatic rings. The largest absolute Gasteiger partial charge is 0.135 e. The van der Waals surface area contributed by atoms with Crippen LogP contribution < -0.4 is 0 Å². The highest BCUT2D eigenvalue weighted by Crippen LogP contribution is 2.47. The van der Waals surface area contributed by atoms with E-state index in [0.29, 0.717) is 0 Å². The summed E-state index contributed by atoms with van der Waals surface area (Å²) in [5, 5.41) is 6.48. The summed E-state index contributed by atoms with van der Waals surface area (Å²) in [6.45, 7) is 4.30. The number of thiophene rings is 1. The number of rotatable bonds is 3. The maximum Gasteiger partial charge on any atom is 0.0433 e. The van der Waals surface area contributed by atoms with E-state index in [9.17, 15) is 0 Å². The molecule has 0 nitrogen and oxygen atoms in total. The molecule has 0 N–H and O–H groups in total. The quantitative estimate of drug-likeness (QED) is 0.216. The summed E-state index contributed by atoms with van der Waals surface area (Å²) >= 11 is 1.90. The van der Waals surface area contributed by atoms with Gasteiger partial charge in [0.05, 0.1) is 0 Å². The molecule has 0 saturated carbocycles. The summed E-state index contributed by atoms with van der Waals surface area (Å²) in [6, 6.07) is 44.8. The molecule has 0 saturated heterocycles. The van der Waals surface area contributed by atoms with Crippen molar-refractivity contribution in [3.8, 4) is 32.7 Å². The van der Waals surface area contributed by atoms with Crippen molar-refractivity contribution in [3.63, 3.8) is 0 Å². The van der Waals surface area contributed by atoms with Crippen LogP contribution in [0.1, 0.15) is 11.1 Å². The van der Waals surface area contributed by atoms with Gasteiger partial charge in [-0.3, -0.25) is 0 Å². The summed E-state index contributed by atoms with van der Waals surface area (Å²) in [7, 11) is 0. The van der Waals surface area contributed by atoms with Crippen molar-refractivity contribution in [1.29, 1.82) is 0 Å². The van der Waals surface area contributed by atoms with Crippen LogP contribution in [0.15, 0.2) is 121 Å². The van der Waals surface area contributed by atoms with Crippen LogP contribution in [0.25, 0.3) is 64.3 Å². The van der Waals surface area contributed by atoms with Crippen LogP contribution in [0, 0.1) is 13.8 Å². The van der Waals surface area contributed by atoms with Gasteiger partial charge in [0.15, 0.2) is 0 Å². The van der Waals surface area contributed by atoms with Gasteiger partial charge in [-0.05, 0) is 69.8 Å². The fourth-order valence-electron chi connectivity index (χ4n) is 5.49. The van der Waals surface area contributed by atoms with E-state index in [0.717, 1.165) is 0 Å². The molecule has 1 aromatic heterocycles. The van der Waals surface area contributed by atoms with Gasteiger partial charge in [0.1, 0.15) is 0 Å². The number of benzene rings is 6. The van der Waals surface area contributed by atoms with Gasteiger partial charge in [-0.2, -0.15) is 0 Å². The Bertz CT molecular complexity index is 1870. The number of hydrogen-bond donors (Lipinski definition) is 0. The molecule has 0 unspecified atom stereocenters. The smallest absolute Gasteiger partial charge is 0.0433 e. The van der Waals surface area contributed by atoms with Crippen LogP contribution in [-0.2, 0) is 0 Å². The molecule has 0 amide bonds. The van der Waals surface area contributed by atoms with Crippen LogP contribution in [0.4, 0.5) is 0 Å². The lowest BCUT2D eigenvalue weighted by Crippen LogP contribution is -1.86. The average molecular weight is 491 g/mol. The van der Waals surface area contributed by atoms with E-state index in [-0.39, 0.29) is 0 Å². The molecule has 0 bridgehead atoms. The van der Waals surface area contributed by atoms with E-state index in [1.807, 2.05) is 11.3 Å². The monoisotopic (exact) mass is 490 g/mol. The molecule has 0 spiro atoms. The molecule has 0 atom stereocenters. The molecular weight excluding hydrogens is 464 g/mol. The number of aryl methyl sites for hydroxylation is 2. The fraction of sp³-hybridized carbons (Fsp3) is 0.0556. The zero-order valence-electron chi connectivity index (χ0n) is 21.0. The van der Waals surface area contributed by atoms with Crippen LogP contribution in [-0.4, -0.2) is 0 Å². The molecule has 6 aromatic carbocycles. The summed E-state index contributed by atoms with van der Waals surface area (Å²) < 4.78 is 1.32. The molecular formula is C36H26S. The summed E-state index contributed by atoms with van der Waals surface area (Å²) in [4.78, 5) is 1.33. The maximum absolute atomic E-state index is 2.41. The Labute approximate surface area is 221 Å². The van der Waals surface area contributed by atoms with E-state index in [2.05, 4.69) is 135 Å². The summed E-state index contributed by atoms with van der Waals surface area (Å²) in [6.07, 6.45) is 0. The van der Waals surface area contributed by atoms with Crippen LogP contribution in [0.5, 0.6) is 0 Å². The molecule has 0 radical (unpaired) electrons. The van der Waals surface area contributed by atoms with Gasteiger partial charge in [-0.1, -0.05) is 120 Å². The van der Waals surface area contributed by atoms with Gasteiger partial charge in [-0.25, -0.2) is 0 Å². The minimum absolute atomic E-state index is 1.27. The van der Waals surface area contributed by atoms with E-state index in [4.69, 9.17) is 0 Å². The van der Waals surface area contributed by atoms with Crippen molar-refractivity contribution in [1.82, 2.24) is 0 Å². The van der Waals surface area contributed by atoms with Crippen molar-refractivity contribution < 1.29 is 0 Å². The molecule has 1 heterocycles. The molecule has 1 heteroatoms. The Balaban J connectivity index is 1.52. The second-order valence-corrected chi connectivity index (χ2v) is 11.0. The first-order valence-electron chi connectivity index (χ1n) is 12.8. The van der Waals surface area contributed by atoms with Crippen molar-refractivity contribution in [2.24, 2.45) is 0 Å². The van der Waals surface area contributed by atoms with E-state index in [1.165, 1.54) is 75.5 Å². The second-order valence-electron chi connectivity index (χ2n) is 9.94. The highest BCUT2D eigenvalue weighted by molar-refractivity contribution is 7.23. The van der Waals surface area contributed by atoms with Gasteiger partial charge >= 0.3 is 0 Å². The van der Waals surface area contributed by atoms with Crippen molar-refractivity contribution in [3.05, 3.63) is 132 Å². The van der Waals surface area contributed by atoms with Gasteiger partial charge in [-0.15, -0.1) is 11.3 Å². The summed E-state index contributed by atoms with van der Waals surface area (Å²) in [5.41, 5.74) is 9.04. The molecule has 176 valence electrons. The standard InChI is InChI=1S/C36H26S/c1-23-11-15-25(16-12-23)35-32-20-19-29(22-33(32)37-36(35)26-17-13-24(2)14-18-26)34-30-9-5-3-7-27(30)21-28-8-4-6-10-31(28)34/h3-22H,1-2H3.